The number of ether oxygens (including phenoxy) is 1. The summed E-state index contributed by atoms with van der Waals surface area (Å²) in [5, 5.41) is 4.69. The van der Waals surface area contributed by atoms with Gasteiger partial charge in [-0.2, -0.15) is 0 Å². The van der Waals surface area contributed by atoms with E-state index in [-0.39, 0.29) is 5.56 Å². The minimum absolute atomic E-state index is 0.190. The number of nitrogens with zero attached hydrogens (tertiary/aromatic N) is 4. The average Bonchev–Trinajstić information content (AvgIpc) is 2.85. The Kier molecular flexibility index (Phi) is 5.98. The molecule has 3 aromatic heterocycles. The van der Waals surface area contributed by atoms with Crippen molar-refractivity contribution in [3.63, 3.8) is 0 Å². The lowest BCUT2D eigenvalue weighted by atomic mass is 9.87. The first-order valence-electron chi connectivity index (χ1n) is 11.5. The number of fused-ring (bicyclic) bond motifs is 1. The Balaban J connectivity index is 1.51. The van der Waals surface area contributed by atoms with E-state index in [4.69, 9.17) is 9.72 Å². The highest BCUT2D eigenvalue weighted by Crippen LogP contribution is 2.33. The number of methoxy groups -OCH3 is 1. The van der Waals surface area contributed by atoms with E-state index in [2.05, 4.69) is 57.3 Å². The van der Waals surface area contributed by atoms with Gasteiger partial charge in [0.05, 0.1) is 18.2 Å². The smallest absolute Gasteiger partial charge is 0.316 e. The molecule has 0 amide bonds. The van der Waals surface area contributed by atoms with Crippen molar-refractivity contribution in [2.45, 2.75) is 25.7 Å². The average molecular weight is 457 g/mol. The maximum absolute atomic E-state index is 12.7. The Hall–Kier alpha value is -3.78. The van der Waals surface area contributed by atoms with Crippen LogP contribution in [-0.4, -0.2) is 52.1 Å². The normalized spacial score (nSPS) is 14.9. The second kappa shape index (κ2) is 9.23. The first-order chi connectivity index (χ1) is 16.5. The molecule has 1 aromatic carbocycles. The molecule has 0 unspecified atom stereocenters. The number of H-pyrrole nitrogens is 1. The number of aromatic amines is 1. The molecule has 2 N–H and O–H groups in total. The number of benzene rings is 1. The molecule has 0 atom stereocenters. The largest absolute Gasteiger partial charge is 0.467 e. The van der Waals surface area contributed by atoms with Crippen LogP contribution in [0.5, 0.6) is 6.01 Å². The summed E-state index contributed by atoms with van der Waals surface area (Å²) in [5.74, 6) is 1.09. The molecule has 34 heavy (non-hydrogen) atoms. The van der Waals surface area contributed by atoms with Crippen LogP contribution in [-0.2, 0) is 0 Å². The standard InChI is InChI=1S/C26H28N6O2/c1-16-12-20(4-5-21(16)17-7-10-32(2)11-8-17)30-24-23-18(6-9-27-25(23)33)13-22(31-24)19-14-28-26(34-3)29-15-19/h4-6,9,12-15,17H,7-8,10-11H2,1-3H3,(H,27,33)(H,30,31). The summed E-state index contributed by atoms with van der Waals surface area (Å²) in [6, 6.07) is 10.5. The number of anilines is 2. The number of pyridine rings is 2. The topological polar surface area (TPSA) is 96.0 Å². The second-order valence-electron chi connectivity index (χ2n) is 8.86. The Labute approximate surface area is 198 Å². The lowest BCUT2D eigenvalue weighted by Crippen LogP contribution is -2.29. The van der Waals surface area contributed by atoms with E-state index >= 15 is 0 Å². The number of rotatable bonds is 5. The van der Waals surface area contributed by atoms with Crippen LogP contribution in [0.4, 0.5) is 11.5 Å². The number of hydrogen-bond donors (Lipinski definition) is 2. The number of aromatic nitrogens is 4. The Bertz CT molecular complexity index is 1370. The molecule has 0 aliphatic carbocycles. The van der Waals surface area contributed by atoms with Crippen LogP contribution >= 0.6 is 0 Å². The zero-order valence-corrected chi connectivity index (χ0v) is 19.6. The van der Waals surface area contributed by atoms with Gasteiger partial charge in [0.2, 0.25) is 0 Å². The highest BCUT2D eigenvalue weighted by atomic mass is 16.5. The van der Waals surface area contributed by atoms with Gasteiger partial charge in [-0.1, -0.05) is 6.07 Å². The van der Waals surface area contributed by atoms with Gasteiger partial charge >= 0.3 is 6.01 Å². The van der Waals surface area contributed by atoms with Gasteiger partial charge < -0.3 is 19.9 Å². The summed E-state index contributed by atoms with van der Waals surface area (Å²) in [4.78, 5) is 31.0. The molecule has 174 valence electrons. The van der Waals surface area contributed by atoms with Crippen LogP contribution in [0.1, 0.15) is 29.9 Å². The van der Waals surface area contributed by atoms with Crippen LogP contribution in [0.2, 0.25) is 0 Å². The fourth-order valence-electron chi connectivity index (χ4n) is 4.67. The van der Waals surface area contributed by atoms with Gasteiger partial charge in [-0.15, -0.1) is 0 Å². The fourth-order valence-corrected chi connectivity index (χ4v) is 4.67. The molecule has 1 aliphatic rings. The molecule has 5 rings (SSSR count). The van der Waals surface area contributed by atoms with E-state index in [1.54, 1.807) is 18.6 Å². The molecule has 8 heteroatoms. The monoisotopic (exact) mass is 456 g/mol. The maximum atomic E-state index is 12.7. The third-order valence-corrected chi connectivity index (χ3v) is 6.55. The predicted octanol–water partition coefficient (Wildman–Crippen LogP) is 4.25. The summed E-state index contributed by atoms with van der Waals surface area (Å²) in [6.07, 6.45) is 7.33. The van der Waals surface area contributed by atoms with Crippen LogP contribution in [0, 0.1) is 6.92 Å². The lowest BCUT2D eigenvalue weighted by Gasteiger charge is -2.30. The Morgan fingerprint density at radius 3 is 2.59 bits per heavy atom. The van der Waals surface area contributed by atoms with Gasteiger partial charge in [0, 0.05) is 29.8 Å². The first kappa shape index (κ1) is 22.0. The molecule has 4 aromatic rings. The third kappa shape index (κ3) is 4.36. The van der Waals surface area contributed by atoms with Gasteiger partial charge in [-0.05, 0) is 86.6 Å². The van der Waals surface area contributed by atoms with Crippen molar-refractivity contribution < 1.29 is 4.74 Å². The van der Waals surface area contributed by atoms with Gasteiger partial charge in [0.25, 0.3) is 5.56 Å². The van der Waals surface area contributed by atoms with Crippen LogP contribution in [0.15, 0.2) is 53.7 Å². The molecule has 0 bridgehead atoms. The molecule has 1 saturated heterocycles. The molecule has 0 spiro atoms. The van der Waals surface area contributed by atoms with Crippen molar-refractivity contribution in [3.8, 4) is 17.3 Å². The summed E-state index contributed by atoms with van der Waals surface area (Å²) in [5.41, 5.74) is 4.76. The summed E-state index contributed by atoms with van der Waals surface area (Å²) in [7, 11) is 3.71. The highest BCUT2D eigenvalue weighted by Gasteiger charge is 2.20. The molecule has 0 radical (unpaired) electrons. The number of nitrogens with one attached hydrogen (secondary N) is 2. The van der Waals surface area contributed by atoms with Gasteiger partial charge in [-0.25, -0.2) is 15.0 Å². The van der Waals surface area contributed by atoms with Crippen LogP contribution in [0.25, 0.3) is 22.0 Å². The molecule has 0 saturated carbocycles. The third-order valence-electron chi connectivity index (χ3n) is 6.55. The zero-order chi connectivity index (χ0) is 23.7. The Morgan fingerprint density at radius 2 is 1.88 bits per heavy atom. The summed E-state index contributed by atoms with van der Waals surface area (Å²) in [6.45, 7) is 4.41. The van der Waals surface area contributed by atoms with Crippen molar-refractivity contribution >= 4 is 22.3 Å². The molecular formula is C26H28N6O2. The van der Waals surface area contributed by atoms with Gasteiger partial charge in [0.15, 0.2) is 0 Å². The molecule has 1 fully saturated rings. The van der Waals surface area contributed by atoms with E-state index in [1.807, 2.05) is 12.1 Å². The van der Waals surface area contributed by atoms with Crippen LogP contribution in [0.3, 0.4) is 0 Å². The highest BCUT2D eigenvalue weighted by molar-refractivity contribution is 5.95. The number of likely N-dealkylation sites (tertiary alicyclic amines) is 1. The molecule has 8 nitrogen and oxygen atoms in total. The first-order valence-corrected chi connectivity index (χ1v) is 11.5. The minimum Gasteiger partial charge on any atom is -0.467 e. The van der Waals surface area contributed by atoms with Crippen molar-refractivity contribution in [2.24, 2.45) is 0 Å². The van der Waals surface area contributed by atoms with Gasteiger partial charge in [0.1, 0.15) is 5.82 Å². The van der Waals surface area contributed by atoms with Crippen LogP contribution < -0.4 is 15.6 Å². The molecular weight excluding hydrogens is 428 g/mol. The van der Waals surface area contributed by atoms with E-state index in [0.717, 1.165) is 29.7 Å². The summed E-state index contributed by atoms with van der Waals surface area (Å²) >= 11 is 0. The van der Waals surface area contributed by atoms with E-state index in [9.17, 15) is 4.79 Å². The van der Waals surface area contributed by atoms with Crippen molar-refractivity contribution in [2.75, 3.05) is 32.6 Å². The molecule has 1 aliphatic heterocycles. The quantitative estimate of drug-likeness (QED) is 0.463. The minimum atomic E-state index is -0.190. The summed E-state index contributed by atoms with van der Waals surface area (Å²) < 4.78 is 5.06. The van der Waals surface area contributed by atoms with E-state index in [0.29, 0.717) is 28.8 Å². The SMILES string of the molecule is COc1ncc(-c2cc3cc[nH]c(=O)c3c(Nc3ccc(C4CCN(C)CC4)c(C)c3)n2)cn1. The Morgan fingerprint density at radius 1 is 1.12 bits per heavy atom. The predicted molar refractivity (Wildman–Crippen MR) is 134 cm³/mol. The maximum Gasteiger partial charge on any atom is 0.316 e. The van der Waals surface area contributed by atoms with E-state index < -0.39 is 0 Å². The fraction of sp³-hybridized carbons (Fsp3) is 0.308. The number of aryl methyl sites for hydroxylation is 1. The van der Waals surface area contributed by atoms with Crippen molar-refractivity contribution in [1.82, 2.24) is 24.8 Å². The number of hydrogen-bond acceptors (Lipinski definition) is 7. The van der Waals surface area contributed by atoms with Gasteiger partial charge in [-0.3, -0.25) is 4.79 Å². The number of piperidine rings is 1. The van der Waals surface area contributed by atoms with E-state index in [1.165, 1.54) is 31.1 Å². The second-order valence-corrected chi connectivity index (χ2v) is 8.86. The molecule has 4 heterocycles. The van der Waals surface area contributed by atoms with Crippen molar-refractivity contribution in [3.05, 3.63) is 70.4 Å². The lowest BCUT2D eigenvalue weighted by molar-refractivity contribution is 0.255. The zero-order valence-electron chi connectivity index (χ0n) is 19.6. The van der Waals surface area contributed by atoms with Crippen molar-refractivity contribution in [1.29, 1.82) is 0 Å².